The minimum Gasteiger partial charge on any atom is -0.478 e. The molecule has 0 saturated carbocycles. The van der Waals surface area contributed by atoms with Crippen LogP contribution >= 0.6 is 24.0 Å². The van der Waals surface area contributed by atoms with Crippen molar-refractivity contribution < 1.29 is 9.90 Å². The van der Waals surface area contributed by atoms with Gasteiger partial charge in [0.05, 0.1) is 11.8 Å². The number of carbonyl (C=O) groups is 1. The summed E-state index contributed by atoms with van der Waals surface area (Å²) in [5.74, 6) is -0.202. The first-order chi connectivity index (χ1) is 10.6. The number of hydrogen-bond donors (Lipinski definition) is 2. The maximum absolute atomic E-state index is 10.7. The van der Waals surface area contributed by atoms with Crippen LogP contribution in [0, 0.1) is 0 Å². The molecule has 0 aliphatic heterocycles. The Kier molecular flexibility index (Phi) is 6.05. The number of benzene rings is 1. The number of hydrogen-bond acceptors (Lipinski definition) is 5. The van der Waals surface area contributed by atoms with Crippen LogP contribution < -0.4 is 5.43 Å². The Balaban J connectivity index is 1.79. The summed E-state index contributed by atoms with van der Waals surface area (Å²) in [5.41, 5.74) is 4.94. The second kappa shape index (κ2) is 8.26. The smallest absolute Gasteiger partial charge is 0.335 e. The Morgan fingerprint density at radius 2 is 1.95 bits per heavy atom. The van der Waals surface area contributed by atoms with Crippen LogP contribution in [-0.2, 0) is 5.75 Å². The first kappa shape index (κ1) is 16.1. The van der Waals surface area contributed by atoms with Crippen LogP contribution in [0.2, 0.25) is 0 Å². The minimum absolute atomic E-state index is 0.244. The predicted octanol–water partition coefficient (Wildman–Crippen LogP) is 2.92. The van der Waals surface area contributed by atoms with Gasteiger partial charge in [-0.05, 0) is 35.4 Å². The van der Waals surface area contributed by atoms with Gasteiger partial charge in [0.15, 0.2) is 4.32 Å². The SMILES string of the molecule is O=C(O)c1ccc(/C=N/NC(=S)SCc2ccncc2)cc1. The highest BCUT2D eigenvalue weighted by Crippen LogP contribution is 2.11. The largest absolute Gasteiger partial charge is 0.478 e. The maximum atomic E-state index is 10.7. The lowest BCUT2D eigenvalue weighted by Crippen LogP contribution is -2.11. The van der Waals surface area contributed by atoms with Crippen molar-refractivity contribution in [3.05, 3.63) is 65.5 Å². The van der Waals surface area contributed by atoms with Gasteiger partial charge in [-0.25, -0.2) is 4.79 Å². The van der Waals surface area contributed by atoms with Gasteiger partial charge in [0.25, 0.3) is 0 Å². The Labute approximate surface area is 137 Å². The number of thioether (sulfide) groups is 1. The summed E-state index contributed by atoms with van der Waals surface area (Å²) in [6.45, 7) is 0. The number of nitrogens with one attached hydrogen (secondary N) is 1. The van der Waals surface area contributed by atoms with Crippen molar-refractivity contribution in [3.63, 3.8) is 0 Å². The highest BCUT2D eigenvalue weighted by atomic mass is 32.2. The Hall–Kier alpha value is -2.25. The number of hydrazone groups is 1. The topological polar surface area (TPSA) is 74.6 Å². The first-order valence-electron chi connectivity index (χ1n) is 6.33. The summed E-state index contributed by atoms with van der Waals surface area (Å²) < 4.78 is 0.565. The molecule has 0 aliphatic carbocycles. The molecule has 0 fully saturated rings. The van der Waals surface area contributed by atoms with Crippen LogP contribution in [-0.4, -0.2) is 26.6 Å². The van der Waals surface area contributed by atoms with Gasteiger partial charge < -0.3 is 5.11 Å². The number of nitrogens with zero attached hydrogens (tertiary/aromatic N) is 2. The van der Waals surface area contributed by atoms with E-state index >= 15 is 0 Å². The van der Waals surface area contributed by atoms with Gasteiger partial charge in [0.2, 0.25) is 0 Å². The normalized spacial score (nSPS) is 10.5. The fourth-order valence-corrected chi connectivity index (χ4v) is 2.37. The first-order valence-corrected chi connectivity index (χ1v) is 7.72. The highest BCUT2D eigenvalue weighted by molar-refractivity contribution is 8.22. The number of pyridine rings is 1. The van der Waals surface area contributed by atoms with E-state index in [9.17, 15) is 4.79 Å². The summed E-state index contributed by atoms with van der Waals surface area (Å²) in [4.78, 5) is 14.7. The molecule has 0 saturated heterocycles. The Morgan fingerprint density at radius 1 is 1.27 bits per heavy atom. The monoisotopic (exact) mass is 331 g/mol. The van der Waals surface area contributed by atoms with E-state index < -0.39 is 5.97 Å². The van der Waals surface area contributed by atoms with Crippen molar-refractivity contribution in [1.82, 2.24) is 10.4 Å². The van der Waals surface area contributed by atoms with E-state index in [1.807, 2.05) is 12.1 Å². The average molecular weight is 331 g/mol. The van der Waals surface area contributed by atoms with Crippen LogP contribution in [0.3, 0.4) is 0 Å². The lowest BCUT2D eigenvalue weighted by atomic mass is 10.1. The number of carboxylic acid groups (broad SMARTS) is 1. The van der Waals surface area contributed by atoms with Crippen LogP contribution in [0.1, 0.15) is 21.5 Å². The van der Waals surface area contributed by atoms with Gasteiger partial charge in [-0.3, -0.25) is 10.4 Å². The molecule has 0 radical (unpaired) electrons. The van der Waals surface area contributed by atoms with Crippen LogP contribution in [0.25, 0.3) is 0 Å². The quantitative estimate of drug-likeness (QED) is 0.498. The van der Waals surface area contributed by atoms with Crippen molar-refractivity contribution in [2.24, 2.45) is 5.10 Å². The number of aromatic nitrogens is 1. The number of aromatic carboxylic acids is 1. The zero-order valence-electron chi connectivity index (χ0n) is 11.5. The molecular weight excluding hydrogens is 318 g/mol. The number of thiocarbonyl (C=S) groups is 1. The second-order valence-electron chi connectivity index (χ2n) is 4.23. The third-order valence-electron chi connectivity index (χ3n) is 2.65. The highest BCUT2D eigenvalue weighted by Gasteiger charge is 2.00. The van der Waals surface area contributed by atoms with E-state index in [0.29, 0.717) is 4.32 Å². The van der Waals surface area contributed by atoms with E-state index in [1.54, 1.807) is 30.7 Å². The van der Waals surface area contributed by atoms with Crippen molar-refractivity contribution in [3.8, 4) is 0 Å². The van der Waals surface area contributed by atoms with Gasteiger partial charge in [0.1, 0.15) is 0 Å². The zero-order valence-corrected chi connectivity index (χ0v) is 13.1. The van der Waals surface area contributed by atoms with Gasteiger partial charge in [-0.15, -0.1) is 0 Å². The molecule has 0 atom stereocenters. The molecule has 2 N–H and O–H groups in total. The molecule has 0 unspecified atom stereocenters. The summed E-state index contributed by atoms with van der Waals surface area (Å²) in [5, 5.41) is 12.8. The molecule has 112 valence electrons. The summed E-state index contributed by atoms with van der Waals surface area (Å²) in [7, 11) is 0. The lowest BCUT2D eigenvalue weighted by molar-refractivity contribution is 0.0697. The summed E-state index contributed by atoms with van der Waals surface area (Å²) >= 11 is 6.64. The molecule has 5 nitrogen and oxygen atoms in total. The molecule has 2 rings (SSSR count). The molecule has 2 aromatic rings. The van der Waals surface area contributed by atoms with Crippen LogP contribution in [0.4, 0.5) is 0 Å². The molecule has 1 aromatic carbocycles. The van der Waals surface area contributed by atoms with Crippen LogP contribution in [0.5, 0.6) is 0 Å². The molecular formula is C15H13N3O2S2. The van der Waals surface area contributed by atoms with Gasteiger partial charge in [-0.1, -0.05) is 36.1 Å². The lowest BCUT2D eigenvalue weighted by Gasteiger charge is -2.02. The number of carboxylic acids is 1. The fourth-order valence-electron chi connectivity index (χ4n) is 1.53. The molecule has 0 spiro atoms. The fraction of sp³-hybridized carbons (Fsp3) is 0.0667. The van der Waals surface area contributed by atoms with Gasteiger partial charge in [-0.2, -0.15) is 5.10 Å². The zero-order chi connectivity index (χ0) is 15.8. The Bertz CT molecular complexity index is 673. The standard InChI is InChI=1S/C15H13N3O2S2/c19-14(20)13-3-1-11(2-4-13)9-17-18-15(21)22-10-12-5-7-16-8-6-12/h1-9H,10H2,(H,18,21)(H,19,20)/b17-9+. The number of rotatable bonds is 5. The van der Waals surface area contributed by atoms with E-state index in [1.165, 1.54) is 23.9 Å². The summed E-state index contributed by atoms with van der Waals surface area (Å²) in [6.07, 6.45) is 5.07. The van der Waals surface area contributed by atoms with Crippen LogP contribution in [0.15, 0.2) is 53.9 Å². The third kappa shape index (κ3) is 5.27. The van der Waals surface area contributed by atoms with E-state index in [-0.39, 0.29) is 5.56 Å². The van der Waals surface area contributed by atoms with Gasteiger partial charge >= 0.3 is 5.97 Å². The summed E-state index contributed by atoms with van der Waals surface area (Å²) in [6, 6.07) is 10.3. The predicted molar refractivity (Wildman–Crippen MR) is 92.3 cm³/mol. The van der Waals surface area contributed by atoms with Crippen molar-refractivity contribution in [1.29, 1.82) is 0 Å². The van der Waals surface area contributed by atoms with Gasteiger partial charge in [0, 0.05) is 18.1 Å². The molecule has 0 bridgehead atoms. The second-order valence-corrected chi connectivity index (χ2v) is 5.88. The molecule has 0 aliphatic rings. The third-order valence-corrected chi connectivity index (χ3v) is 3.92. The van der Waals surface area contributed by atoms with Crippen molar-refractivity contribution in [2.45, 2.75) is 5.75 Å². The molecule has 0 amide bonds. The Morgan fingerprint density at radius 3 is 2.59 bits per heavy atom. The maximum Gasteiger partial charge on any atom is 0.335 e. The molecule has 1 heterocycles. The van der Waals surface area contributed by atoms with E-state index in [4.69, 9.17) is 17.3 Å². The minimum atomic E-state index is -0.949. The van der Waals surface area contributed by atoms with Crippen molar-refractivity contribution >= 4 is 40.5 Å². The molecule has 22 heavy (non-hydrogen) atoms. The van der Waals surface area contributed by atoms with E-state index in [0.717, 1.165) is 16.9 Å². The van der Waals surface area contributed by atoms with Crippen molar-refractivity contribution in [2.75, 3.05) is 0 Å². The van der Waals surface area contributed by atoms with E-state index in [2.05, 4.69) is 15.5 Å². The molecule has 7 heteroatoms. The average Bonchev–Trinajstić information content (AvgIpc) is 2.54. The molecule has 1 aromatic heterocycles.